The lowest BCUT2D eigenvalue weighted by molar-refractivity contribution is -0.387. The number of nitro groups is 1. The largest absolute Gasteiger partial charge is 0.353 e. The number of hydrogen-bond acceptors (Lipinski definition) is 4. The second-order valence-electron chi connectivity index (χ2n) is 4.39. The Morgan fingerprint density at radius 1 is 1.55 bits per heavy atom. The third kappa shape index (κ3) is 2.44. The van der Waals surface area contributed by atoms with E-state index in [1.807, 2.05) is 0 Å². The first kappa shape index (κ1) is 13.9. The van der Waals surface area contributed by atoms with Gasteiger partial charge in [0, 0.05) is 24.7 Å². The summed E-state index contributed by atoms with van der Waals surface area (Å²) >= 11 is 0. The minimum Gasteiger partial charge on any atom is -0.353 e. The highest BCUT2D eigenvalue weighted by atomic mass is 19.1. The average molecular weight is 281 g/mol. The average Bonchev–Trinajstić information content (AvgIpc) is 2.41. The van der Waals surface area contributed by atoms with Gasteiger partial charge in [0.1, 0.15) is 6.04 Å². The summed E-state index contributed by atoms with van der Waals surface area (Å²) in [6.07, 6.45) is 0. The molecule has 8 heteroatoms. The van der Waals surface area contributed by atoms with Gasteiger partial charge in [0.2, 0.25) is 11.7 Å². The molecule has 0 aliphatic carbocycles. The van der Waals surface area contributed by atoms with Crippen molar-refractivity contribution in [3.05, 3.63) is 39.7 Å². The molecule has 1 aliphatic rings. The Bertz CT molecular complexity index is 590. The van der Waals surface area contributed by atoms with Crippen molar-refractivity contribution in [3.63, 3.8) is 0 Å². The third-order valence-corrected chi connectivity index (χ3v) is 3.15. The number of amides is 2. The maximum Gasteiger partial charge on any atom is 0.305 e. The zero-order valence-electron chi connectivity index (χ0n) is 10.6. The molecule has 0 aromatic heterocycles. The molecule has 0 bridgehead atoms. The Hall–Kier alpha value is -2.51. The third-order valence-electron chi connectivity index (χ3n) is 3.15. The monoisotopic (exact) mass is 281 g/mol. The van der Waals surface area contributed by atoms with Crippen LogP contribution >= 0.6 is 0 Å². The van der Waals surface area contributed by atoms with E-state index in [1.165, 1.54) is 11.0 Å². The van der Waals surface area contributed by atoms with E-state index in [-0.39, 0.29) is 11.5 Å². The lowest BCUT2D eigenvalue weighted by atomic mass is 10.1. The molecule has 0 radical (unpaired) electrons. The number of nitro benzene ring substituents is 1. The molecule has 1 N–H and O–H groups in total. The highest BCUT2D eigenvalue weighted by molar-refractivity contribution is 5.98. The fraction of sp³-hybridized carbons (Fsp3) is 0.333. The highest BCUT2D eigenvalue weighted by Crippen LogP contribution is 2.20. The minimum atomic E-state index is -1.00. The van der Waals surface area contributed by atoms with Gasteiger partial charge in [0.05, 0.1) is 4.92 Å². The van der Waals surface area contributed by atoms with Crippen LogP contribution in [0.2, 0.25) is 0 Å². The van der Waals surface area contributed by atoms with Crippen LogP contribution in [-0.2, 0) is 4.79 Å². The second kappa shape index (κ2) is 5.24. The molecule has 1 heterocycles. The number of nitrogens with one attached hydrogen (secondary N) is 1. The van der Waals surface area contributed by atoms with E-state index < -0.39 is 28.4 Å². The number of hydrogen-bond donors (Lipinski definition) is 1. The van der Waals surface area contributed by atoms with Crippen molar-refractivity contribution in [2.45, 2.75) is 13.0 Å². The Balaban J connectivity index is 2.31. The normalized spacial score (nSPS) is 18.6. The van der Waals surface area contributed by atoms with Crippen LogP contribution in [0.15, 0.2) is 18.2 Å². The number of carbonyl (C=O) groups excluding carboxylic acids is 2. The van der Waals surface area contributed by atoms with Crippen molar-refractivity contribution >= 4 is 17.5 Å². The molecule has 7 nitrogen and oxygen atoms in total. The number of rotatable bonds is 2. The summed E-state index contributed by atoms with van der Waals surface area (Å²) in [6.45, 7) is 2.18. The molecule has 1 fully saturated rings. The van der Waals surface area contributed by atoms with E-state index in [1.54, 1.807) is 6.92 Å². The maximum atomic E-state index is 13.2. The van der Waals surface area contributed by atoms with Crippen LogP contribution in [0.25, 0.3) is 0 Å². The highest BCUT2D eigenvalue weighted by Gasteiger charge is 2.30. The molecule has 0 spiro atoms. The summed E-state index contributed by atoms with van der Waals surface area (Å²) < 4.78 is 13.2. The molecule has 0 saturated carbocycles. The zero-order valence-corrected chi connectivity index (χ0v) is 10.6. The van der Waals surface area contributed by atoms with Crippen molar-refractivity contribution in [3.8, 4) is 0 Å². The molecule has 1 aliphatic heterocycles. The first-order chi connectivity index (χ1) is 9.41. The molecule has 2 rings (SSSR count). The molecule has 1 saturated heterocycles. The van der Waals surface area contributed by atoms with Gasteiger partial charge in [0.25, 0.3) is 5.91 Å². The predicted octanol–water partition coefficient (Wildman–Crippen LogP) is 0.694. The predicted molar refractivity (Wildman–Crippen MR) is 66.6 cm³/mol. The Kier molecular flexibility index (Phi) is 3.64. The second-order valence-corrected chi connectivity index (χ2v) is 4.39. The number of halogens is 1. The van der Waals surface area contributed by atoms with E-state index in [2.05, 4.69) is 5.32 Å². The van der Waals surface area contributed by atoms with E-state index >= 15 is 0 Å². The fourth-order valence-corrected chi connectivity index (χ4v) is 2.01. The van der Waals surface area contributed by atoms with Crippen LogP contribution in [0.3, 0.4) is 0 Å². The van der Waals surface area contributed by atoms with E-state index in [4.69, 9.17) is 0 Å². The van der Waals surface area contributed by atoms with Crippen molar-refractivity contribution in [2.24, 2.45) is 0 Å². The summed E-state index contributed by atoms with van der Waals surface area (Å²) in [4.78, 5) is 34.8. The Morgan fingerprint density at radius 3 is 2.90 bits per heavy atom. The van der Waals surface area contributed by atoms with Gasteiger partial charge in [-0.25, -0.2) is 0 Å². The summed E-state index contributed by atoms with van der Waals surface area (Å²) in [6, 6.07) is 2.27. The SMILES string of the molecule is CC1C(=O)NCCN1C(=O)c1ccc(F)c([N+](=O)[O-])c1. The molecular weight excluding hydrogens is 269 g/mol. The van der Waals surface area contributed by atoms with Crippen LogP contribution in [0, 0.1) is 15.9 Å². The number of carbonyl (C=O) groups is 2. The smallest absolute Gasteiger partial charge is 0.305 e. The maximum absolute atomic E-state index is 13.2. The lowest BCUT2D eigenvalue weighted by Crippen LogP contribution is -2.55. The zero-order chi connectivity index (χ0) is 14.9. The van der Waals surface area contributed by atoms with Crippen molar-refractivity contribution in [1.29, 1.82) is 0 Å². The molecule has 2 amide bonds. The van der Waals surface area contributed by atoms with Crippen LogP contribution in [0.5, 0.6) is 0 Å². The molecule has 1 aromatic carbocycles. The summed E-state index contributed by atoms with van der Waals surface area (Å²) in [5.74, 6) is -1.83. The van der Waals surface area contributed by atoms with Crippen molar-refractivity contribution in [2.75, 3.05) is 13.1 Å². The van der Waals surface area contributed by atoms with Gasteiger partial charge in [-0.2, -0.15) is 4.39 Å². The van der Waals surface area contributed by atoms with E-state index in [0.29, 0.717) is 13.1 Å². The van der Waals surface area contributed by atoms with Gasteiger partial charge in [-0.05, 0) is 19.1 Å². The molecule has 20 heavy (non-hydrogen) atoms. The first-order valence-electron chi connectivity index (χ1n) is 5.94. The fourth-order valence-electron chi connectivity index (χ4n) is 2.01. The molecule has 1 aromatic rings. The van der Waals surface area contributed by atoms with Crippen LogP contribution in [0.1, 0.15) is 17.3 Å². The van der Waals surface area contributed by atoms with Crippen molar-refractivity contribution < 1.29 is 18.9 Å². The Labute approximate surface area is 113 Å². The van der Waals surface area contributed by atoms with E-state index in [0.717, 1.165) is 12.1 Å². The topological polar surface area (TPSA) is 92.6 Å². The Morgan fingerprint density at radius 2 is 2.25 bits per heavy atom. The molecule has 106 valence electrons. The van der Waals surface area contributed by atoms with Gasteiger partial charge < -0.3 is 10.2 Å². The molecule has 1 unspecified atom stereocenters. The quantitative estimate of drug-likeness (QED) is 0.637. The van der Waals surface area contributed by atoms with Crippen LogP contribution in [-0.4, -0.2) is 40.8 Å². The minimum absolute atomic E-state index is 0.0142. The number of benzene rings is 1. The number of nitrogens with zero attached hydrogens (tertiary/aromatic N) is 2. The molecule has 1 atom stereocenters. The first-order valence-corrected chi connectivity index (χ1v) is 5.94. The lowest BCUT2D eigenvalue weighted by Gasteiger charge is -2.32. The van der Waals surface area contributed by atoms with Crippen LogP contribution in [0.4, 0.5) is 10.1 Å². The van der Waals surface area contributed by atoms with Gasteiger partial charge in [-0.1, -0.05) is 0 Å². The van der Waals surface area contributed by atoms with Gasteiger partial charge in [0.15, 0.2) is 0 Å². The van der Waals surface area contributed by atoms with E-state index in [9.17, 15) is 24.1 Å². The molecular formula is C12H12FN3O4. The van der Waals surface area contributed by atoms with Crippen molar-refractivity contribution in [1.82, 2.24) is 10.2 Å². The van der Waals surface area contributed by atoms with Crippen LogP contribution < -0.4 is 5.32 Å². The summed E-state index contributed by atoms with van der Waals surface area (Å²) in [5, 5.41) is 13.3. The summed E-state index contributed by atoms with van der Waals surface area (Å²) in [5.41, 5.74) is -0.774. The van der Waals surface area contributed by atoms with Gasteiger partial charge in [-0.3, -0.25) is 19.7 Å². The summed E-state index contributed by atoms with van der Waals surface area (Å²) in [7, 11) is 0. The van der Waals surface area contributed by atoms with Gasteiger partial charge in [-0.15, -0.1) is 0 Å². The standard InChI is InChI=1S/C12H12FN3O4/c1-7-11(17)14-4-5-15(7)12(18)8-2-3-9(13)10(6-8)16(19)20/h2-3,6-7H,4-5H2,1H3,(H,14,17). The van der Waals surface area contributed by atoms with Gasteiger partial charge >= 0.3 is 5.69 Å². The number of piperazine rings is 1.